The lowest BCUT2D eigenvalue weighted by Gasteiger charge is -2.42. The molecule has 0 saturated carbocycles. The smallest absolute Gasteiger partial charge is 0.389 e. The molecule has 6 nitrogen and oxygen atoms in total. The minimum atomic E-state index is -5.11. The molecule has 1 aliphatic rings. The predicted molar refractivity (Wildman–Crippen MR) is 133 cm³/mol. The highest BCUT2D eigenvalue weighted by Crippen LogP contribution is 2.38. The van der Waals surface area contributed by atoms with Gasteiger partial charge in [-0.3, -0.25) is 9.59 Å². The van der Waals surface area contributed by atoms with E-state index in [1.54, 1.807) is 13.8 Å². The summed E-state index contributed by atoms with van der Waals surface area (Å²) in [5.74, 6) is -2.24. The largest absolute Gasteiger partial charge is 0.416 e. The number of β-amino-alcohol motifs (C(OH)–C–C–N with tert-alkyl or cyclic N) is 1. The first-order chi connectivity index (χ1) is 18.4. The summed E-state index contributed by atoms with van der Waals surface area (Å²) in [5.41, 5.74) is -6.22. The Morgan fingerprint density at radius 2 is 1.48 bits per heavy atom. The van der Waals surface area contributed by atoms with Crippen molar-refractivity contribution in [1.82, 2.24) is 10.2 Å². The second-order valence-corrected chi connectivity index (χ2v) is 10.3. The van der Waals surface area contributed by atoms with Crippen LogP contribution in [0.3, 0.4) is 0 Å². The molecule has 40 heavy (non-hydrogen) atoms. The van der Waals surface area contributed by atoms with Crippen LogP contribution in [0.2, 0.25) is 0 Å². The molecule has 0 bridgehead atoms. The first kappa shape index (κ1) is 31.1. The molecule has 1 saturated heterocycles. The number of nitrogens with one attached hydrogen (secondary N) is 2. The van der Waals surface area contributed by atoms with Crippen molar-refractivity contribution in [1.29, 1.82) is 0 Å². The molecule has 2 aromatic carbocycles. The summed E-state index contributed by atoms with van der Waals surface area (Å²) >= 11 is 0. The molecule has 2 aromatic rings. The van der Waals surface area contributed by atoms with E-state index in [1.165, 1.54) is 30.3 Å². The number of hydrogen-bond donors (Lipinski definition) is 3. The third-order valence-corrected chi connectivity index (χ3v) is 6.26. The molecule has 218 valence electrons. The number of likely N-dealkylation sites (tertiary alicyclic amines) is 1. The molecule has 1 aliphatic heterocycles. The van der Waals surface area contributed by atoms with Crippen molar-refractivity contribution in [2.24, 2.45) is 0 Å². The number of benzene rings is 2. The van der Waals surface area contributed by atoms with Crippen molar-refractivity contribution in [2.75, 3.05) is 25.0 Å². The number of anilines is 1. The van der Waals surface area contributed by atoms with Gasteiger partial charge in [0.1, 0.15) is 11.4 Å². The zero-order chi connectivity index (χ0) is 29.9. The van der Waals surface area contributed by atoms with Gasteiger partial charge in [-0.25, -0.2) is 4.39 Å². The summed E-state index contributed by atoms with van der Waals surface area (Å²) in [6, 6.07) is 5.89. The van der Waals surface area contributed by atoms with Crippen LogP contribution in [0.5, 0.6) is 0 Å². The van der Waals surface area contributed by atoms with Gasteiger partial charge in [0.25, 0.3) is 0 Å². The molecule has 0 atom stereocenters. The number of hydrogen-bond acceptors (Lipinski definition) is 4. The average Bonchev–Trinajstić information content (AvgIpc) is 2.83. The van der Waals surface area contributed by atoms with Crippen LogP contribution in [0.15, 0.2) is 48.5 Å². The molecule has 0 spiro atoms. The molecule has 3 N–H and O–H groups in total. The fourth-order valence-corrected chi connectivity index (χ4v) is 4.35. The number of piperidine rings is 1. The van der Waals surface area contributed by atoms with Crippen molar-refractivity contribution < 1.29 is 45.4 Å². The number of nitrogens with zero attached hydrogens (tertiary/aromatic N) is 1. The molecule has 1 fully saturated rings. The van der Waals surface area contributed by atoms with Crippen LogP contribution < -0.4 is 10.6 Å². The molecule has 0 radical (unpaired) electrons. The van der Waals surface area contributed by atoms with Gasteiger partial charge in [0, 0.05) is 31.4 Å². The van der Waals surface area contributed by atoms with Gasteiger partial charge in [0.15, 0.2) is 0 Å². The number of carbonyl (C=O) groups excluding carboxylic acids is 2. The van der Waals surface area contributed by atoms with Gasteiger partial charge in [-0.15, -0.1) is 0 Å². The van der Waals surface area contributed by atoms with Crippen LogP contribution in [-0.2, 0) is 21.9 Å². The zero-order valence-electron chi connectivity index (χ0n) is 21.6. The van der Waals surface area contributed by atoms with E-state index >= 15 is 0 Å². The van der Waals surface area contributed by atoms with Crippen LogP contribution in [0.4, 0.5) is 36.4 Å². The Bertz CT molecular complexity index is 1210. The molecule has 1 heterocycles. The highest BCUT2D eigenvalue weighted by atomic mass is 19.4. The first-order valence-corrected chi connectivity index (χ1v) is 12.2. The summed E-state index contributed by atoms with van der Waals surface area (Å²) in [6.07, 6.45) is -7.88. The third kappa shape index (κ3) is 8.52. The van der Waals surface area contributed by atoms with E-state index in [9.17, 15) is 45.4 Å². The number of aliphatic hydroxyl groups is 1. The van der Waals surface area contributed by atoms with Crippen molar-refractivity contribution in [3.63, 3.8) is 0 Å². The van der Waals surface area contributed by atoms with Crippen molar-refractivity contribution >= 4 is 23.6 Å². The second kappa shape index (κ2) is 11.6. The molecular weight excluding hydrogens is 547 g/mol. The maximum atomic E-state index is 13.4. The highest BCUT2D eigenvalue weighted by molar-refractivity contribution is 6.03. The average molecular weight is 576 g/mol. The summed E-state index contributed by atoms with van der Waals surface area (Å²) in [7, 11) is 0. The van der Waals surface area contributed by atoms with Crippen LogP contribution in [0, 0.1) is 5.82 Å². The van der Waals surface area contributed by atoms with E-state index in [0.717, 1.165) is 6.08 Å². The first-order valence-electron chi connectivity index (χ1n) is 12.2. The molecular formula is C27H28F7N3O3. The topological polar surface area (TPSA) is 81.7 Å². The zero-order valence-corrected chi connectivity index (χ0v) is 21.6. The van der Waals surface area contributed by atoms with Gasteiger partial charge in [-0.1, -0.05) is 12.1 Å². The molecule has 0 unspecified atom stereocenters. The van der Waals surface area contributed by atoms with Gasteiger partial charge < -0.3 is 20.6 Å². The summed E-state index contributed by atoms with van der Waals surface area (Å²) in [5, 5.41) is 14.8. The van der Waals surface area contributed by atoms with E-state index in [-0.39, 0.29) is 38.5 Å². The quantitative estimate of drug-likeness (QED) is 0.312. The van der Waals surface area contributed by atoms with E-state index < -0.39 is 57.9 Å². The third-order valence-electron chi connectivity index (χ3n) is 6.26. The highest BCUT2D eigenvalue weighted by Gasteiger charge is 2.44. The summed E-state index contributed by atoms with van der Waals surface area (Å²) < 4.78 is 93.0. The van der Waals surface area contributed by atoms with Crippen LogP contribution in [-0.4, -0.2) is 52.6 Å². The molecule has 13 heteroatoms. The minimum Gasteiger partial charge on any atom is -0.389 e. The predicted octanol–water partition coefficient (Wildman–Crippen LogP) is 5.24. The van der Waals surface area contributed by atoms with Gasteiger partial charge in [0.05, 0.1) is 16.7 Å². The van der Waals surface area contributed by atoms with Crippen LogP contribution >= 0.6 is 0 Å². The number of amides is 2. The fourth-order valence-electron chi connectivity index (χ4n) is 4.35. The van der Waals surface area contributed by atoms with Gasteiger partial charge >= 0.3 is 12.4 Å². The lowest BCUT2D eigenvalue weighted by Crippen LogP contribution is -2.62. The molecule has 0 aromatic heterocycles. The minimum absolute atomic E-state index is 0.0455. The Kier molecular flexibility index (Phi) is 8.99. The Morgan fingerprint density at radius 1 is 0.950 bits per heavy atom. The van der Waals surface area contributed by atoms with E-state index in [1.807, 2.05) is 4.90 Å². The van der Waals surface area contributed by atoms with E-state index in [0.29, 0.717) is 17.7 Å². The molecule has 2 amide bonds. The van der Waals surface area contributed by atoms with Gasteiger partial charge in [-0.05, 0) is 68.7 Å². The normalized spacial score (nSPS) is 16.6. The van der Waals surface area contributed by atoms with E-state index in [2.05, 4.69) is 10.6 Å². The van der Waals surface area contributed by atoms with Crippen LogP contribution in [0.1, 0.15) is 43.4 Å². The van der Waals surface area contributed by atoms with Crippen LogP contribution in [0.25, 0.3) is 6.08 Å². The van der Waals surface area contributed by atoms with Gasteiger partial charge in [-0.2, -0.15) is 26.3 Å². The lowest BCUT2D eigenvalue weighted by molar-refractivity contribution is -0.143. The van der Waals surface area contributed by atoms with Crippen molar-refractivity contribution in [2.45, 2.75) is 50.2 Å². The van der Waals surface area contributed by atoms with Crippen molar-refractivity contribution in [3.05, 3.63) is 71.0 Å². The number of rotatable bonds is 7. The number of alkyl halides is 6. The maximum Gasteiger partial charge on any atom is 0.416 e. The Balaban J connectivity index is 1.89. The number of halogens is 7. The SMILES string of the molecule is CC(C)(O)CN1CCC(NC(=O)C=Cc2ccc(F)cc2)(C(=O)Nc2cc(C(F)(F)F)cc(C(F)(F)F)c2)CC1. The summed E-state index contributed by atoms with van der Waals surface area (Å²) in [6.45, 7) is 3.77. The maximum absolute atomic E-state index is 13.4. The monoisotopic (exact) mass is 575 g/mol. The Morgan fingerprint density at radius 3 is 1.95 bits per heavy atom. The molecule has 0 aliphatic carbocycles. The van der Waals surface area contributed by atoms with Gasteiger partial charge in [0.2, 0.25) is 11.8 Å². The standard InChI is InChI=1S/C27H28F7N3O3/c1-24(2,40)16-37-11-9-25(10-12-37,36-22(38)8-5-17-3-6-20(28)7-4-17)23(39)35-21-14-18(26(29,30)31)13-19(15-21)27(32,33)34/h3-8,13-15,40H,9-12,16H2,1-2H3,(H,35,39)(H,36,38). The Hall–Kier alpha value is -3.45. The van der Waals surface area contributed by atoms with Crippen molar-refractivity contribution in [3.8, 4) is 0 Å². The second-order valence-electron chi connectivity index (χ2n) is 10.3. The number of carbonyl (C=O) groups is 2. The lowest BCUT2D eigenvalue weighted by atomic mass is 9.85. The van der Waals surface area contributed by atoms with E-state index in [4.69, 9.17) is 0 Å². The fraction of sp³-hybridized carbons (Fsp3) is 0.407. The Labute approximate surface area is 225 Å². The molecule has 3 rings (SSSR count). The summed E-state index contributed by atoms with van der Waals surface area (Å²) in [4.78, 5) is 28.0.